The summed E-state index contributed by atoms with van der Waals surface area (Å²) < 4.78 is 7.81. The summed E-state index contributed by atoms with van der Waals surface area (Å²) in [6.45, 7) is 11.6. The first-order valence-electron chi connectivity index (χ1n) is 10.0. The fraction of sp³-hybridized carbons (Fsp3) is 0.478. The molecule has 154 valence electrons. The van der Waals surface area contributed by atoms with Crippen molar-refractivity contribution in [3.8, 4) is 6.07 Å². The van der Waals surface area contributed by atoms with Crippen molar-refractivity contribution < 1.29 is 9.53 Å². The minimum Gasteiger partial charge on any atom is -0.376 e. The summed E-state index contributed by atoms with van der Waals surface area (Å²) in [6.07, 6.45) is 2.20. The van der Waals surface area contributed by atoms with Crippen molar-refractivity contribution in [2.24, 2.45) is 0 Å². The van der Waals surface area contributed by atoms with Crippen LogP contribution in [0.25, 0.3) is 0 Å². The van der Waals surface area contributed by atoms with E-state index in [4.69, 9.17) is 4.74 Å². The van der Waals surface area contributed by atoms with Gasteiger partial charge >= 0.3 is 0 Å². The van der Waals surface area contributed by atoms with Crippen molar-refractivity contribution in [2.45, 2.75) is 65.0 Å². The van der Waals surface area contributed by atoms with Crippen molar-refractivity contribution in [3.05, 3.63) is 45.6 Å². The largest absolute Gasteiger partial charge is 0.376 e. The molecule has 1 atom stereocenters. The summed E-state index contributed by atoms with van der Waals surface area (Å²) in [4.78, 5) is 13.9. The zero-order valence-corrected chi connectivity index (χ0v) is 18.7. The molecule has 1 aromatic heterocycles. The lowest BCUT2D eigenvalue weighted by Crippen LogP contribution is -2.22. The first-order chi connectivity index (χ1) is 13.8. The standard InChI is InChI=1S/C23H29N3O2S/c1-14-9-15(2)22(16(3)10-14)29-13-21(27)25-23-20(11-24)17(4)18(5)26(23)12-19-7-6-8-28-19/h9-10,19H,6-8,12-13H2,1-5H3,(H,25,27). The molecule has 1 aliphatic rings. The highest BCUT2D eigenvalue weighted by Crippen LogP contribution is 2.30. The van der Waals surface area contributed by atoms with Gasteiger partial charge in [0.15, 0.2) is 0 Å². The molecule has 2 aromatic rings. The number of aromatic nitrogens is 1. The summed E-state index contributed by atoms with van der Waals surface area (Å²) in [7, 11) is 0. The van der Waals surface area contributed by atoms with E-state index in [1.54, 1.807) is 11.8 Å². The predicted octanol–water partition coefficient (Wildman–Crippen LogP) is 4.81. The number of benzene rings is 1. The number of amides is 1. The molecule has 0 spiro atoms. The minimum absolute atomic E-state index is 0.100. The van der Waals surface area contributed by atoms with Crippen LogP contribution < -0.4 is 5.32 Å². The average Bonchev–Trinajstić information content (AvgIpc) is 3.24. The lowest BCUT2D eigenvalue weighted by molar-refractivity contribution is -0.113. The molecule has 0 radical (unpaired) electrons. The Balaban J connectivity index is 1.77. The Kier molecular flexibility index (Phi) is 6.71. The smallest absolute Gasteiger partial charge is 0.235 e. The molecule has 3 rings (SSSR count). The van der Waals surface area contributed by atoms with E-state index in [0.29, 0.717) is 23.7 Å². The zero-order valence-electron chi connectivity index (χ0n) is 17.9. The normalized spacial score (nSPS) is 16.1. The summed E-state index contributed by atoms with van der Waals surface area (Å²) in [5.41, 5.74) is 6.06. The summed E-state index contributed by atoms with van der Waals surface area (Å²) in [5.74, 6) is 0.802. The highest BCUT2D eigenvalue weighted by atomic mass is 32.2. The molecule has 0 saturated carbocycles. The van der Waals surface area contributed by atoms with E-state index < -0.39 is 0 Å². The van der Waals surface area contributed by atoms with Gasteiger partial charge in [-0.15, -0.1) is 11.8 Å². The number of nitrogens with zero attached hydrogens (tertiary/aromatic N) is 2. The van der Waals surface area contributed by atoms with Crippen LogP contribution in [-0.4, -0.2) is 28.9 Å². The number of nitrogens with one attached hydrogen (secondary N) is 1. The third-order valence-electron chi connectivity index (χ3n) is 5.56. The van der Waals surface area contributed by atoms with Crippen LogP contribution in [0, 0.1) is 45.9 Å². The number of nitriles is 1. The van der Waals surface area contributed by atoms with Gasteiger partial charge in [0.1, 0.15) is 11.9 Å². The van der Waals surface area contributed by atoms with E-state index in [0.717, 1.165) is 35.6 Å². The molecular formula is C23H29N3O2S. The Morgan fingerprint density at radius 1 is 1.28 bits per heavy atom. The number of aryl methyl sites for hydroxylation is 3. The molecule has 1 N–H and O–H groups in total. The molecule has 1 unspecified atom stereocenters. The number of ether oxygens (including phenoxy) is 1. The highest BCUT2D eigenvalue weighted by Gasteiger charge is 2.24. The van der Waals surface area contributed by atoms with E-state index in [-0.39, 0.29) is 12.0 Å². The monoisotopic (exact) mass is 411 g/mol. The van der Waals surface area contributed by atoms with E-state index in [9.17, 15) is 10.1 Å². The van der Waals surface area contributed by atoms with Crippen LogP contribution >= 0.6 is 11.8 Å². The van der Waals surface area contributed by atoms with Crippen molar-refractivity contribution >= 4 is 23.5 Å². The number of hydrogen-bond acceptors (Lipinski definition) is 4. The molecule has 0 bridgehead atoms. The second kappa shape index (κ2) is 9.06. The van der Waals surface area contributed by atoms with Crippen molar-refractivity contribution in [1.82, 2.24) is 4.57 Å². The van der Waals surface area contributed by atoms with Crippen molar-refractivity contribution in [2.75, 3.05) is 17.7 Å². The fourth-order valence-corrected chi connectivity index (χ4v) is 4.97. The van der Waals surface area contributed by atoms with Crippen LogP contribution in [0.4, 0.5) is 5.82 Å². The number of thioether (sulfide) groups is 1. The second-order valence-corrected chi connectivity index (χ2v) is 8.84. The molecule has 0 aliphatic carbocycles. The number of anilines is 1. The number of carbonyl (C=O) groups is 1. The number of rotatable bonds is 6. The van der Waals surface area contributed by atoms with Gasteiger partial charge in [0.05, 0.1) is 24.0 Å². The number of hydrogen-bond donors (Lipinski definition) is 1. The lowest BCUT2D eigenvalue weighted by atomic mass is 10.1. The molecule has 1 saturated heterocycles. The third-order valence-corrected chi connectivity index (χ3v) is 6.90. The van der Waals surface area contributed by atoms with Gasteiger partial charge in [0.25, 0.3) is 0 Å². The fourth-order valence-electron chi connectivity index (χ4n) is 4.05. The zero-order chi connectivity index (χ0) is 21.1. The van der Waals surface area contributed by atoms with Crippen molar-refractivity contribution in [1.29, 1.82) is 5.26 Å². The molecule has 6 heteroatoms. The Bertz CT molecular complexity index is 942. The maximum Gasteiger partial charge on any atom is 0.235 e. The highest BCUT2D eigenvalue weighted by molar-refractivity contribution is 8.00. The van der Waals surface area contributed by atoms with Gasteiger partial charge in [-0.05, 0) is 64.2 Å². The van der Waals surface area contributed by atoms with E-state index >= 15 is 0 Å². The first kappa shape index (κ1) is 21.5. The van der Waals surface area contributed by atoms with Gasteiger partial charge in [-0.2, -0.15) is 5.26 Å². The van der Waals surface area contributed by atoms with Gasteiger partial charge in [0, 0.05) is 17.2 Å². The Labute approximate surface area is 177 Å². The molecule has 1 fully saturated rings. The topological polar surface area (TPSA) is 67.0 Å². The summed E-state index contributed by atoms with van der Waals surface area (Å²) in [6, 6.07) is 6.55. The summed E-state index contributed by atoms with van der Waals surface area (Å²) in [5, 5.41) is 12.7. The van der Waals surface area contributed by atoms with Gasteiger partial charge in [-0.3, -0.25) is 4.79 Å². The molecule has 29 heavy (non-hydrogen) atoms. The van der Waals surface area contributed by atoms with Gasteiger partial charge in [-0.25, -0.2) is 0 Å². The lowest BCUT2D eigenvalue weighted by Gasteiger charge is -2.17. The second-order valence-electron chi connectivity index (χ2n) is 7.86. The average molecular weight is 412 g/mol. The van der Waals surface area contributed by atoms with Crippen LogP contribution in [0.1, 0.15) is 46.4 Å². The molecule has 1 aliphatic heterocycles. The number of carbonyl (C=O) groups excluding carboxylic acids is 1. The first-order valence-corrected chi connectivity index (χ1v) is 11.0. The van der Waals surface area contributed by atoms with Gasteiger partial charge in [0.2, 0.25) is 5.91 Å². The van der Waals surface area contributed by atoms with Crippen LogP contribution in [0.15, 0.2) is 17.0 Å². The maximum absolute atomic E-state index is 12.8. The Morgan fingerprint density at radius 3 is 2.55 bits per heavy atom. The molecular weight excluding hydrogens is 382 g/mol. The molecule has 2 heterocycles. The SMILES string of the molecule is Cc1cc(C)c(SCC(=O)Nc2c(C#N)c(C)c(C)n2CC2CCCO2)c(C)c1. The van der Waals surface area contributed by atoms with Crippen LogP contribution in [0.5, 0.6) is 0 Å². The van der Waals surface area contributed by atoms with Crippen LogP contribution in [0.3, 0.4) is 0 Å². The Hall–Kier alpha value is -2.23. The van der Waals surface area contributed by atoms with Crippen LogP contribution in [-0.2, 0) is 16.1 Å². The maximum atomic E-state index is 12.8. The van der Waals surface area contributed by atoms with E-state index in [1.165, 1.54) is 16.7 Å². The predicted molar refractivity (Wildman–Crippen MR) is 118 cm³/mol. The van der Waals surface area contributed by atoms with E-state index in [1.807, 2.05) is 18.4 Å². The Morgan fingerprint density at radius 2 is 1.97 bits per heavy atom. The summed E-state index contributed by atoms with van der Waals surface area (Å²) >= 11 is 1.54. The minimum atomic E-state index is -0.100. The molecule has 1 aromatic carbocycles. The molecule has 5 nitrogen and oxygen atoms in total. The van der Waals surface area contributed by atoms with Crippen molar-refractivity contribution in [3.63, 3.8) is 0 Å². The van der Waals surface area contributed by atoms with Gasteiger partial charge in [-0.1, -0.05) is 17.7 Å². The van der Waals surface area contributed by atoms with Crippen LogP contribution in [0.2, 0.25) is 0 Å². The van der Waals surface area contributed by atoms with E-state index in [2.05, 4.69) is 44.3 Å². The quantitative estimate of drug-likeness (QED) is 0.693. The van der Waals surface area contributed by atoms with Gasteiger partial charge < -0.3 is 14.6 Å². The third kappa shape index (κ3) is 4.68. The molecule has 1 amide bonds.